The van der Waals surface area contributed by atoms with E-state index in [1.165, 1.54) is 6.33 Å². The molecule has 0 bridgehead atoms. The summed E-state index contributed by atoms with van der Waals surface area (Å²) in [4.78, 5) is 3.84. The molecule has 2 aromatic rings. The van der Waals surface area contributed by atoms with Crippen LogP contribution in [0.5, 0.6) is 5.75 Å². The molecule has 0 atom stereocenters. The molecule has 0 spiro atoms. The van der Waals surface area contributed by atoms with E-state index in [1.54, 1.807) is 35.3 Å². The van der Waals surface area contributed by atoms with E-state index in [4.69, 9.17) is 4.74 Å². The van der Waals surface area contributed by atoms with Crippen molar-refractivity contribution in [1.29, 1.82) is 0 Å². The minimum absolute atomic E-state index is 0.0824. The van der Waals surface area contributed by atoms with Gasteiger partial charge in [-0.05, 0) is 24.3 Å². The zero-order valence-corrected chi connectivity index (χ0v) is 10.7. The molecule has 0 amide bonds. The summed E-state index contributed by atoms with van der Waals surface area (Å²) in [5.74, 6) is 0.585. The Kier molecular flexibility index (Phi) is 4.10. The topological polar surface area (TPSA) is 109 Å². The van der Waals surface area contributed by atoms with Crippen LogP contribution in [0.1, 0.15) is 0 Å². The summed E-state index contributed by atoms with van der Waals surface area (Å²) in [5, 5.41) is 8.65. The van der Waals surface area contributed by atoms with E-state index in [1.807, 2.05) is 0 Å². The highest BCUT2D eigenvalue weighted by molar-refractivity contribution is 7.84. The van der Waals surface area contributed by atoms with Gasteiger partial charge in [-0.2, -0.15) is 13.5 Å². The summed E-state index contributed by atoms with van der Waals surface area (Å²) in [7, 11) is -3.91. The van der Waals surface area contributed by atoms with E-state index >= 15 is 0 Å². The molecule has 0 unspecified atom stereocenters. The number of hydrogen-bond donors (Lipinski definition) is 1. The summed E-state index contributed by atoms with van der Waals surface area (Å²) in [6.07, 6.45) is 3.02. The second kappa shape index (κ2) is 5.78. The van der Waals surface area contributed by atoms with Crippen LogP contribution in [0.25, 0.3) is 5.69 Å². The molecule has 0 fully saturated rings. The van der Waals surface area contributed by atoms with Crippen molar-refractivity contribution in [1.82, 2.24) is 14.8 Å². The van der Waals surface area contributed by atoms with Gasteiger partial charge in [-0.25, -0.2) is 14.8 Å². The smallest absolute Gasteiger partial charge is 0.333 e. The maximum Gasteiger partial charge on any atom is 0.333 e. The maximum atomic E-state index is 10.5. The average molecular weight is 284 g/mol. The Morgan fingerprint density at radius 2 is 1.95 bits per heavy atom. The van der Waals surface area contributed by atoms with E-state index in [0.717, 1.165) is 5.69 Å². The third kappa shape index (κ3) is 4.32. The average Bonchev–Trinajstić information content (AvgIpc) is 2.88. The normalized spacial score (nSPS) is 11.4. The molecule has 9 heteroatoms. The lowest BCUT2D eigenvalue weighted by Gasteiger charge is -2.06. The van der Waals surface area contributed by atoms with Gasteiger partial charge >= 0.3 is 10.3 Å². The van der Waals surface area contributed by atoms with Gasteiger partial charge in [0.25, 0.3) is 0 Å². The van der Waals surface area contributed by atoms with Gasteiger partial charge < -0.3 is 4.74 Å². The number of nitrogens with two attached hydrogens (primary N) is 1. The van der Waals surface area contributed by atoms with Crippen LogP contribution in [0.2, 0.25) is 0 Å². The number of benzene rings is 1. The fourth-order valence-corrected chi connectivity index (χ4v) is 1.65. The third-order valence-electron chi connectivity index (χ3n) is 2.12. The molecule has 0 saturated heterocycles. The van der Waals surface area contributed by atoms with E-state index in [9.17, 15) is 8.42 Å². The number of nitrogens with zero attached hydrogens (tertiary/aromatic N) is 3. The molecule has 0 saturated carbocycles. The van der Waals surface area contributed by atoms with Crippen LogP contribution in [0.15, 0.2) is 36.9 Å². The lowest BCUT2D eigenvalue weighted by Crippen LogP contribution is -2.19. The van der Waals surface area contributed by atoms with Crippen molar-refractivity contribution in [2.75, 3.05) is 13.2 Å². The van der Waals surface area contributed by atoms with Gasteiger partial charge in [0, 0.05) is 0 Å². The maximum absolute atomic E-state index is 10.5. The van der Waals surface area contributed by atoms with E-state index in [-0.39, 0.29) is 13.2 Å². The molecule has 102 valence electrons. The molecule has 2 N–H and O–H groups in total. The molecular formula is C10H12N4O4S. The second-order valence-corrected chi connectivity index (χ2v) is 4.72. The van der Waals surface area contributed by atoms with Crippen LogP contribution < -0.4 is 9.88 Å². The molecule has 0 aliphatic carbocycles. The van der Waals surface area contributed by atoms with Gasteiger partial charge in [0.05, 0.1) is 5.69 Å². The number of aromatic nitrogens is 3. The van der Waals surface area contributed by atoms with Crippen LogP contribution in [0, 0.1) is 0 Å². The third-order valence-corrected chi connectivity index (χ3v) is 2.61. The molecule has 0 aliphatic heterocycles. The first-order valence-corrected chi connectivity index (χ1v) is 6.77. The SMILES string of the molecule is NS(=O)(=O)OCCOc1ccc(-n2cncn2)cc1. The van der Waals surface area contributed by atoms with Crippen molar-refractivity contribution in [2.24, 2.45) is 5.14 Å². The highest BCUT2D eigenvalue weighted by atomic mass is 32.2. The van der Waals surface area contributed by atoms with E-state index in [0.29, 0.717) is 5.75 Å². The number of hydrogen-bond acceptors (Lipinski definition) is 6. The number of ether oxygens (including phenoxy) is 1. The summed E-state index contributed by atoms with van der Waals surface area (Å²) < 4.78 is 32.2. The highest BCUT2D eigenvalue weighted by Crippen LogP contribution is 2.14. The van der Waals surface area contributed by atoms with E-state index < -0.39 is 10.3 Å². The zero-order chi connectivity index (χ0) is 13.7. The molecule has 1 heterocycles. The zero-order valence-electron chi connectivity index (χ0n) is 9.84. The molecule has 2 rings (SSSR count). The first-order valence-electron chi connectivity index (χ1n) is 5.29. The summed E-state index contributed by atoms with van der Waals surface area (Å²) in [5.41, 5.74) is 0.839. The minimum atomic E-state index is -3.91. The summed E-state index contributed by atoms with van der Waals surface area (Å²) in [6.45, 7) is -0.0528. The van der Waals surface area contributed by atoms with Crippen LogP contribution in [0.4, 0.5) is 0 Å². The first-order chi connectivity index (χ1) is 9.04. The van der Waals surface area contributed by atoms with Crippen molar-refractivity contribution < 1.29 is 17.3 Å². The molecule has 0 radical (unpaired) electrons. The van der Waals surface area contributed by atoms with Gasteiger partial charge in [0.15, 0.2) is 0 Å². The van der Waals surface area contributed by atoms with Crippen LogP contribution >= 0.6 is 0 Å². The van der Waals surface area contributed by atoms with Crippen molar-refractivity contribution in [2.45, 2.75) is 0 Å². The predicted molar refractivity (Wildman–Crippen MR) is 65.9 cm³/mol. The van der Waals surface area contributed by atoms with Crippen molar-refractivity contribution in [3.05, 3.63) is 36.9 Å². The summed E-state index contributed by atoms with van der Waals surface area (Å²) in [6, 6.07) is 7.05. The molecule has 1 aromatic carbocycles. The standard InChI is InChI=1S/C10H12N4O4S/c11-19(15,16)18-6-5-17-10-3-1-9(2-4-10)14-8-12-7-13-14/h1-4,7-8H,5-6H2,(H2,11,15,16). The lowest BCUT2D eigenvalue weighted by atomic mass is 10.3. The van der Waals surface area contributed by atoms with Crippen molar-refractivity contribution in [3.63, 3.8) is 0 Å². The fourth-order valence-electron chi connectivity index (χ4n) is 1.35. The van der Waals surface area contributed by atoms with Crippen LogP contribution in [-0.2, 0) is 14.5 Å². The molecule has 8 nitrogen and oxygen atoms in total. The number of rotatable bonds is 6. The van der Waals surface area contributed by atoms with Crippen LogP contribution in [-0.4, -0.2) is 36.4 Å². The molecular weight excluding hydrogens is 272 g/mol. The van der Waals surface area contributed by atoms with Gasteiger partial charge in [-0.3, -0.25) is 4.18 Å². The minimum Gasteiger partial charge on any atom is -0.491 e. The summed E-state index contributed by atoms with van der Waals surface area (Å²) >= 11 is 0. The first kappa shape index (κ1) is 13.5. The Morgan fingerprint density at radius 1 is 1.21 bits per heavy atom. The van der Waals surface area contributed by atoms with E-state index in [2.05, 4.69) is 19.4 Å². The fraction of sp³-hybridized carbons (Fsp3) is 0.200. The Bertz CT molecular complexity index is 609. The van der Waals surface area contributed by atoms with Gasteiger partial charge in [0.1, 0.15) is 31.6 Å². The predicted octanol–water partition coefficient (Wildman–Crippen LogP) is -0.134. The largest absolute Gasteiger partial charge is 0.491 e. The Morgan fingerprint density at radius 3 is 2.53 bits per heavy atom. The second-order valence-electron chi connectivity index (χ2n) is 3.50. The van der Waals surface area contributed by atoms with Crippen molar-refractivity contribution >= 4 is 10.3 Å². The van der Waals surface area contributed by atoms with Crippen molar-refractivity contribution in [3.8, 4) is 11.4 Å². The Balaban J connectivity index is 1.86. The lowest BCUT2D eigenvalue weighted by molar-refractivity contribution is 0.221. The van der Waals surface area contributed by atoms with Gasteiger partial charge in [-0.1, -0.05) is 0 Å². The van der Waals surface area contributed by atoms with Crippen LogP contribution in [0.3, 0.4) is 0 Å². The van der Waals surface area contributed by atoms with Gasteiger partial charge in [-0.15, -0.1) is 0 Å². The Hall–Kier alpha value is -1.97. The molecule has 0 aliphatic rings. The monoisotopic (exact) mass is 284 g/mol. The van der Waals surface area contributed by atoms with Gasteiger partial charge in [0.2, 0.25) is 0 Å². The molecule has 19 heavy (non-hydrogen) atoms. The Labute approximate surface area is 110 Å². The highest BCUT2D eigenvalue weighted by Gasteiger charge is 2.02. The quantitative estimate of drug-likeness (QED) is 0.740. The molecule has 1 aromatic heterocycles.